The summed E-state index contributed by atoms with van der Waals surface area (Å²) in [7, 11) is 0. The van der Waals surface area contributed by atoms with E-state index in [0.29, 0.717) is 11.1 Å². The molecule has 1 rings (SSSR count). The van der Waals surface area contributed by atoms with Crippen LogP contribution in [0.4, 0.5) is 8.78 Å². The molecule has 0 aromatic heterocycles. The van der Waals surface area contributed by atoms with Gasteiger partial charge in [0.1, 0.15) is 0 Å². The van der Waals surface area contributed by atoms with Crippen LogP contribution in [-0.4, -0.2) is 17.0 Å². The predicted octanol–water partition coefficient (Wildman–Crippen LogP) is 3.07. The molecule has 1 atom stereocenters. The number of aliphatic carboxylic acids is 1. The Kier molecular flexibility index (Phi) is 3.62. The van der Waals surface area contributed by atoms with Crippen LogP contribution in [0.2, 0.25) is 0 Å². The monoisotopic (exact) mass is 228 g/mol. The molecule has 0 amide bonds. The van der Waals surface area contributed by atoms with Gasteiger partial charge >= 0.3 is 5.97 Å². The summed E-state index contributed by atoms with van der Waals surface area (Å²) in [6.07, 6.45) is -0.368. The minimum absolute atomic E-state index is 0.368. The van der Waals surface area contributed by atoms with Crippen LogP contribution in [0.1, 0.15) is 30.9 Å². The number of carbonyl (C=O) groups is 1. The lowest BCUT2D eigenvalue weighted by Crippen LogP contribution is -2.14. The van der Waals surface area contributed by atoms with Crippen molar-refractivity contribution in [1.29, 1.82) is 0 Å². The van der Waals surface area contributed by atoms with Gasteiger partial charge in [-0.25, -0.2) is 8.78 Å². The van der Waals surface area contributed by atoms with Crippen molar-refractivity contribution in [3.8, 4) is 0 Å². The number of hydrogen-bond acceptors (Lipinski definition) is 1. The van der Waals surface area contributed by atoms with Crippen molar-refractivity contribution in [3.63, 3.8) is 0 Å². The van der Waals surface area contributed by atoms with Gasteiger partial charge in [0.15, 0.2) is 0 Å². The highest BCUT2D eigenvalue weighted by Gasteiger charge is 2.22. The topological polar surface area (TPSA) is 37.3 Å². The van der Waals surface area contributed by atoms with E-state index in [0.717, 1.165) is 6.92 Å². The van der Waals surface area contributed by atoms with Crippen LogP contribution >= 0.6 is 0 Å². The second-order valence-electron chi connectivity index (χ2n) is 4.05. The zero-order chi connectivity index (χ0) is 12.3. The SMILES string of the molecule is CC(C(=O)O)c1cccc(CC(C)(F)F)c1. The number of halogens is 2. The first-order valence-corrected chi connectivity index (χ1v) is 4.99. The standard InChI is InChI=1S/C12H14F2O2/c1-8(11(15)16)10-5-3-4-9(6-10)7-12(2,13)14/h3-6,8H,7H2,1-2H3,(H,15,16). The molecule has 0 bridgehead atoms. The van der Waals surface area contributed by atoms with E-state index in [1.165, 1.54) is 13.0 Å². The average Bonchev–Trinajstić information content (AvgIpc) is 2.14. The molecule has 0 aliphatic carbocycles. The Hall–Kier alpha value is -1.45. The lowest BCUT2D eigenvalue weighted by molar-refractivity contribution is -0.138. The molecule has 1 unspecified atom stereocenters. The largest absolute Gasteiger partial charge is 0.481 e. The maximum Gasteiger partial charge on any atom is 0.310 e. The Labute approximate surface area is 92.9 Å². The first kappa shape index (κ1) is 12.6. The van der Waals surface area contributed by atoms with E-state index < -0.39 is 17.8 Å². The normalized spacial score (nSPS) is 13.5. The van der Waals surface area contributed by atoms with E-state index in [2.05, 4.69) is 0 Å². The first-order chi connectivity index (χ1) is 7.29. The Bertz CT molecular complexity index is 383. The molecular formula is C12H14F2O2. The van der Waals surface area contributed by atoms with Crippen molar-refractivity contribution in [3.05, 3.63) is 35.4 Å². The summed E-state index contributed by atoms with van der Waals surface area (Å²) in [6.45, 7) is 2.38. The van der Waals surface area contributed by atoms with Gasteiger partial charge in [0.05, 0.1) is 5.92 Å². The molecule has 1 aromatic rings. The van der Waals surface area contributed by atoms with Gasteiger partial charge in [-0.1, -0.05) is 24.3 Å². The van der Waals surface area contributed by atoms with Crippen molar-refractivity contribution in [2.75, 3.05) is 0 Å². The van der Waals surface area contributed by atoms with Crippen LogP contribution in [0.25, 0.3) is 0 Å². The Balaban J connectivity index is 2.91. The molecule has 0 spiro atoms. The van der Waals surface area contributed by atoms with Gasteiger partial charge in [0.2, 0.25) is 5.92 Å². The summed E-state index contributed by atoms with van der Waals surface area (Å²) in [5, 5.41) is 8.81. The smallest absolute Gasteiger partial charge is 0.310 e. The molecule has 0 aliphatic heterocycles. The predicted molar refractivity (Wildman–Crippen MR) is 56.8 cm³/mol. The van der Waals surface area contributed by atoms with Crippen molar-refractivity contribution in [1.82, 2.24) is 0 Å². The van der Waals surface area contributed by atoms with Gasteiger partial charge in [0, 0.05) is 6.42 Å². The second kappa shape index (κ2) is 4.60. The molecular weight excluding hydrogens is 214 g/mol. The zero-order valence-corrected chi connectivity index (χ0v) is 9.21. The first-order valence-electron chi connectivity index (χ1n) is 4.99. The molecule has 0 aliphatic rings. The van der Waals surface area contributed by atoms with Gasteiger partial charge in [-0.2, -0.15) is 0 Å². The molecule has 88 valence electrons. The molecule has 1 aromatic carbocycles. The molecule has 2 nitrogen and oxygen atoms in total. The fourth-order valence-electron chi connectivity index (χ4n) is 1.47. The van der Waals surface area contributed by atoms with Crippen molar-refractivity contribution < 1.29 is 18.7 Å². The lowest BCUT2D eigenvalue weighted by atomic mass is 9.97. The molecule has 0 radical (unpaired) electrons. The van der Waals surface area contributed by atoms with Gasteiger partial charge in [0.25, 0.3) is 0 Å². The fourth-order valence-corrected chi connectivity index (χ4v) is 1.47. The van der Waals surface area contributed by atoms with Crippen LogP contribution in [0, 0.1) is 0 Å². The number of hydrogen-bond donors (Lipinski definition) is 1. The summed E-state index contributed by atoms with van der Waals surface area (Å²) in [4.78, 5) is 10.7. The van der Waals surface area contributed by atoms with E-state index >= 15 is 0 Å². The Morgan fingerprint density at radius 2 is 2.12 bits per heavy atom. The number of benzene rings is 1. The van der Waals surface area contributed by atoms with Crippen molar-refractivity contribution >= 4 is 5.97 Å². The molecule has 0 fully saturated rings. The van der Waals surface area contributed by atoms with Crippen LogP contribution in [0.5, 0.6) is 0 Å². The lowest BCUT2D eigenvalue weighted by Gasteiger charge is -2.12. The van der Waals surface area contributed by atoms with Gasteiger partial charge < -0.3 is 5.11 Å². The van der Waals surface area contributed by atoms with Gasteiger partial charge in [-0.3, -0.25) is 4.79 Å². The summed E-state index contributed by atoms with van der Waals surface area (Å²) in [5.74, 6) is -4.41. The maximum absolute atomic E-state index is 12.8. The van der Waals surface area contributed by atoms with Crippen molar-refractivity contribution in [2.24, 2.45) is 0 Å². The Morgan fingerprint density at radius 3 is 2.62 bits per heavy atom. The molecule has 0 saturated heterocycles. The number of carboxylic acid groups (broad SMARTS) is 1. The van der Waals surface area contributed by atoms with E-state index in [-0.39, 0.29) is 6.42 Å². The van der Waals surface area contributed by atoms with Gasteiger partial charge in [-0.15, -0.1) is 0 Å². The number of alkyl halides is 2. The highest BCUT2D eigenvalue weighted by Crippen LogP contribution is 2.22. The second-order valence-corrected chi connectivity index (χ2v) is 4.05. The van der Waals surface area contributed by atoms with Crippen LogP contribution in [0.3, 0.4) is 0 Å². The molecule has 1 N–H and O–H groups in total. The van der Waals surface area contributed by atoms with Gasteiger partial charge in [-0.05, 0) is 25.0 Å². The summed E-state index contributed by atoms with van der Waals surface area (Å²) < 4.78 is 25.6. The maximum atomic E-state index is 12.8. The summed E-state index contributed by atoms with van der Waals surface area (Å²) in [6, 6.07) is 6.34. The third kappa shape index (κ3) is 3.61. The van der Waals surface area contributed by atoms with E-state index in [9.17, 15) is 13.6 Å². The highest BCUT2D eigenvalue weighted by atomic mass is 19.3. The van der Waals surface area contributed by atoms with E-state index in [1.807, 2.05) is 0 Å². The van der Waals surface area contributed by atoms with Crippen LogP contribution < -0.4 is 0 Å². The number of carboxylic acids is 1. The average molecular weight is 228 g/mol. The zero-order valence-electron chi connectivity index (χ0n) is 9.21. The van der Waals surface area contributed by atoms with Crippen molar-refractivity contribution in [2.45, 2.75) is 32.1 Å². The molecule has 4 heteroatoms. The quantitative estimate of drug-likeness (QED) is 0.859. The number of rotatable bonds is 4. The summed E-state index contributed by atoms with van der Waals surface area (Å²) in [5.41, 5.74) is 1.01. The van der Waals surface area contributed by atoms with E-state index in [4.69, 9.17) is 5.11 Å². The minimum Gasteiger partial charge on any atom is -0.481 e. The van der Waals surface area contributed by atoms with Crippen LogP contribution in [-0.2, 0) is 11.2 Å². The third-order valence-corrected chi connectivity index (χ3v) is 2.34. The fraction of sp³-hybridized carbons (Fsp3) is 0.417. The summed E-state index contributed by atoms with van der Waals surface area (Å²) >= 11 is 0. The Morgan fingerprint density at radius 1 is 1.50 bits per heavy atom. The molecule has 0 heterocycles. The van der Waals surface area contributed by atoms with Crippen LogP contribution in [0.15, 0.2) is 24.3 Å². The molecule has 0 saturated carbocycles. The van der Waals surface area contributed by atoms with E-state index in [1.54, 1.807) is 18.2 Å². The minimum atomic E-state index is -2.77. The molecule has 16 heavy (non-hydrogen) atoms. The highest BCUT2D eigenvalue weighted by molar-refractivity contribution is 5.75. The third-order valence-electron chi connectivity index (χ3n) is 2.34.